The third-order valence-electron chi connectivity index (χ3n) is 7.26. The maximum absolute atomic E-state index is 14.2. The molecule has 5 aromatic rings. The number of methoxy groups -OCH3 is 1. The van der Waals surface area contributed by atoms with Crippen molar-refractivity contribution in [3.05, 3.63) is 139 Å². The lowest BCUT2D eigenvalue weighted by molar-refractivity contribution is -0.139. The molecule has 3 aromatic carbocycles. The Bertz CT molecular complexity index is 2080. The molecule has 220 valence electrons. The van der Waals surface area contributed by atoms with E-state index in [0.717, 1.165) is 22.5 Å². The van der Waals surface area contributed by atoms with Gasteiger partial charge in [0, 0.05) is 17.3 Å². The number of fused-ring (bicyclic) bond motifs is 1. The molecule has 3 heterocycles. The highest BCUT2D eigenvalue weighted by Gasteiger charge is 2.33. The first kappa shape index (κ1) is 28.8. The minimum Gasteiger partial charge on any atom is -0.465 e. The molecule has 1 aliphatic heterocycles. The summed E-state index contributed by atoms with van der Waals surface area (Å²) in [5, 5.41) is 4.87. The molecular formula is C34H28N4O5S. The summed E-state index contributed by atoms with van der Waals surface area (Å²) < 4.78 is 14.0. The van der Waals surface area contributed by atoms with Gasteiger partial charge < -0.3 is 9.47 Å². The van der Waals surface area contributed by atoms with Crippen LogP contribution in [0.5, 0.6) is 0 Å². The number of allylic oxidation sites excluding steroid dienone is 1. The van der Waals surface area contributed by atoms with Crippen LogP contribution in [0.25, 0.3) is 23.0 Å². The maximum atomic E-state index is 14.2. The molecule has 0 N–H and O–H groups in total. The Kier molecular flexibility index (Phi) is 7.91. The number of nitrogens with zero attached hydrogens (tertiary/aromatic N) is 4. The van der Waals surface area contributed by atoms with Crippen LogP contribution < -0.4 is 14.9 Å². The van der Waals surface area contributed by atoms with Gasteiger partial charge in [-0.15, -0.1) is 0 Å². The van der Waals surface area contributed by atoms with E-state index < -0.39 is 18.0 Å². The molecule has 0 saturated heterocycles. The van der Waals surface area contributed by atoms with Crippen molar-refractivity contribution in [2.45, 2.75) is 19.9 Å². The van der Waals surface area contributed by atoms with E-state index in [4.69, 9.17) is 14.6 Å². The second kappa shape index (κ2) is 12.1. The van der Waals surface area contributed by atoms with E-state index >= 15 is 0 Å². The summed E-state index contributed by atoms with van der Waals surface area (Å²) in [5.74, 6) is -1.04. The molecule has 0 radical (unpaired) electrons. The molecule has 0 amide bonds. The number of carbonyl (C=O) groups is 2. The maximum Gasteiger partial charge on any atom is 0.338 e. The number of thiazole rings is 1. The van der Waals surface area contributed by atoms with Crippen LogP contribution in [0.1, 0.15) is 41.4 Å². The predicted octanol–water partition coefficient (Wildman–Crippen LogP) is 4.44. The minimum atomic E-state index is -0.806. The van der Waals surface area contributed by atoms with Crippen molar-refractivity contribution < 1.29 is 19.1 Å². The summed E-state index contributed by atoms with van der Waals surface area (Å²) in [5.41, 5.74) is 4.66. The molecule has 1 aliphatic rings. The number of aromatic nitrogens is 3. The second-order valence-electron chi connectivity index (χ2n) is 10.00. The zero-order chi connectivity index (χ0) is 30.8. The largest absolute Gasteiger partial charge is 0.465 e. The average Bonchev–Trinajstić information content (AvgIpc) is 3.61. The van der Waals surface area contributed by atoms with Crippen LogP contribution in [0.4, 0.5) is 0 Å². The van der Waals surface area contributed by atoms with Gasteiger partial charge in [-0.3, -0.25) is 9.36 Å². The van der Waals surface area contributed by atoms with Crippen molar-refractivity contribution in [2.24, 2.45) is 4.99 Å². The quantitative estimate of drug-likeness (QED) is 0.255. The molecule has 9 nitrogen and oxygen atoms in total. The summed E-state index contributed by atoms with van der Waals surface area (Å²) in [4.78, 5) is 44.6. The Balaban J connectivity index is 1.54. The molecule has 0 aliphatic carbocycles. The van der Waals surface area contributed by atoms with Gasteiger partial charge >= 0.3 is 11.9 Å². The van der Waals surface area contributed by atoms with Crippen LogP contribution in [0.15, 0.2) is 112 Å². The number of ether oxygens (including phenoxy) is 2. The van der Waals surface area contributed by atoms with Crippen LogP contribution >= 0.6 is 11.3 Å². The van der Waals surface area contributed by atoms with Crippen LogP contribution in [-0.2, 0) is 14.3 Å². The molecule has 0 fully saturated rings. The molecular weight excluding hydrogens is 576 g/mol. The number of rotatable bonds is 7. The van der Waals surface area contributed by atoms with Crippen molar-refractivity contribution in [3.8, 4) is 16.9 Å². The predicted molar refractivity (Wildman–Crippen MR) is 167 cm³/mol. The monoisotopic (exact) mass is 604 g/mol. The van der Waals surface area contributed by atoms with Gasteiger partial charge in [0.2, 0.25) is 0 Å². The fourth-order valence-corrected chi connectivity index (χ4v) is 6.23. The third-order valence-corrected chi connectivity index (χ3v) is 8.24. The van der Waals surface area contributed by atoms with Crippen LogP contribution in [0.2, 0.25) is 0 Å². The molecule has 0 saturated carbocycles. The highest BCUT2D eigenvalue weighted by Crippen LogP contribution is 2.31. The van der Waals surface area contributed by atoms with Crippen molar-refractivity contribution >= 4 is 29.4 Å². The fourth-order valence-electron chi connectivity index (χ4n) is 5.19. The number of para-hydroxylation sites is 1. The minimum absolute atomic E-state index is 0.168. The lowest BCUT2D eigenvalue weighted by Gasteiger charge is -2.24. The molecule has 1 atom stereocenters. The van der Waals surface area contributed by atoms with E-state index in [2.05, 4.69) is 4.99 Å². The topological polar surface area (TPSA) is 105 Å². The number of hydrogen-bond donors (Lipinski definition) is 0. The highest BCUT2D eigenvalue weighted by atomic mass is 32.1. The first-order valence-electron chi connectivity index (χ1n) is 14.0. The SMILES string of the molecule is CCOC(=O)C1=C(C)N=c2sc(=Cc3cn(-c4ccccc4)nc3-c3ccccc3)c(=O)n2C1c1ccc(C(=O)OC)cc1. The summed E-state index contributed by atoms with van der Waals surface area (Å²) in [7, 11) is 1.31. The smallest absolute Gasteiger partial charge is 0.338 e. The first-order chi connectivity index (χ1) is 21.4. The van der Waals surface area contributed by atoms with Crippen molar-refractivity contribution in [2.75, 3.05) is 13.7 Å². The van der Waals surface area contributed by atoms with Crippen LogP contribution in [0, 0.1) is 0 Å². The summed E-state index contributed by atoms with van der Waals surface area (Å²) in [6.07, 6.45) is 3.72. The third kappa shape index (κ3) is 5.31. The molecule has 44 heavy (non-hydrogen) atoms. The van der Waals surface area contributed by atoms with Gasteiger partial charge in [-0.25, -0.2) is 19.3 Å². The van der Waals surface area contributed by atoms with Gasteiger partial charge in [-0.2, -0.15) is 5.10 Å². The Morgan fingerprint density at radius 1 is 0.955 bits per heavy atom. The van der Waals surface area contributed by atoms with E-state index in [1.165, 1.54) is 23.0 Å². The van der Waals surface area contributed by atoms with E-state index in [1.807, 2.05) is 72.9 Å². The van der Waals surface area contributed by atoms with Gasteiger partial charge in [0.25, 0.3) is 5.56 Å². The summed E-state index contributed by atoms with van der Waals surface area (Å²) in [6.45, 7) is 3.63. The van der Waals surface area contributed by atoms with Crippen LogP contribution in [-0.4, -0.2) is 40.0 Å². The molecule has 6 rings (SSSR count). The molecule has 0 spiro atoms. The first-order valence-corrected chi connectivity index (χ1v) is 14.8. The molecule has 0 bridgehead atoms. The second-order valence-corrected chi connectivity index (χ2v) is 11.0. The van der Waals surface area contributed by atoms with E-state index in [0.29, 0.717) is 26.2 Å². The van der Waals surface area contributed by atoms with Gasteiger partial charge in [-0.1, -0.05) is 72.0 Å². The molecule has 1 unspecified atom stereocenters. The van der Waals surface area contributed by atoms with Crippen molar-refractivity contribution in [1.82, 2.24) is 14.3 Å². The Hall–Kier alpha value is -5.35. The number of carbonyl (C=O) groups excluding carboxylic acids is 2. The zero-order valence-corrected chi connectivity index (χ0v) is 25.1. The van der Waals surface area contributed by atoms with Crippen molar-refractivity contribution in [3.63, 3.8) is 0 Å². The highest BCUT2D eigenvalue weighted by molar-refractivity contribution is 7.07. The molecule has 2 aromatic heterocycles. The molecule has 10 heteroatoms. The summed E-state index contributed by atoms with van der Waals surface area (Å²) in [6, 6.07) is 25.4. The number of hydrogen-bond acceptors (Lipinski definition) is 8. The van der Waals surface area contributed by atoms with Gasteiger partial charge in [-0.05, 0) is 49.8 Å². The Morgan fingerprint density at radius 2 is 1.64 bits per heavy atom. The van der Waals surface area contributed by atoms with E-state index in [1.54, 1.807) is 42.8 Å². The normalized spacial score (nSPS) is 14.6. The van der Waals surface area contributed by atoms with Crippen molar-refractivity contribution in [1.29, 1.82) is 0 Å². The number of esters is 2. The lowest BCUT2D eigenvalue weighted by atomic mass is 9.95. The Morgan fingerprint density at radius 3 is 2.30 bits per heavy atom. The summed E-state index contributed by atoms with van der Waals surface area (Å²) >= 11 is 1.24. The fraction of sp³-hybridized carbons (Fsp3) is 0.147. The number of benzene rings is 3. The van der Waals surface area contributed by atoms with E-state index in [-0.39, 0.29) is 17.7 Å². The zero-order valence-electron chi connectivity index (χ0n) is 24.3. The Labute approximate surface area is 256 Å². The van der Waals surface area contributed by atoms with E-state index in [9.17, 15) is 14.4 Å². The van der Waals surface area contributed by atoms with Gasteiger partial charge in [0.1, 0.15) is 0 Å². The van der Waals surface area contributed by atoms with Crippen LogP contribution in [0.3, 0.4) is 0 Å². The average molecular weight is 605 g/mol. The van der Waals surface area contributed by atoms with Gasteiger partial charge in [0.15, 0.2) is 4.80 Å². The van der Waals surface area contributed by atoms with Gasteiger partial charge in [0.05, 0.1) is 52.5 Å². The lowest BCUT2D eigenvalue weighted by Crippen LogP contribution is -2.40. The standard InChI is InChI=1S/C34H28N4O5S/c1-4-43-33(41)28-21(2)35-34-38(30(28)23-15-17-24(18-16-23)32(40)42-3)31(39)27(44-34)19-25-20-37(26-13-9-6-10-14-26)36-29(25)22-11-7-5-8-12-22/h5-20,30H,4H2,1-3H3.